The predicted octanol–water partition coefficient (Wildman–Crippen LogP) is 3.88. The highest BCUT2D eigenvalue weighted by atomic mass is 16.1. The molecular formula is C19H18N2O. The molecule has 0 radical (unpaired) electrons. The van der Waals surface area contributed by atoms with Gasteiger partial charge in [-0.05, 0) is 61.9 Å². The third kappa shape index (κ3) is 1.97. The topological polar surface area (TPSA) is 34.9 Å². The van der Waals surface area contributed by atoms with Gasteiger partial charge in [-0.15, -0.1) is 0 Å². The molecule has 0 aliphatic heterocycles. The summed E-state index contributed by atoms with van der Waals surface area (Å²) in [6.45, 7) is 3.95. The van der Waals surface area contributed by atoms with Gasteiger partial charge >= 0.3 is 0 Å². The van der Waals surface area contributed by atoms with Crippen molar-refractivity contribution in [3.8, 4) is 5.69 Å². The molecule has 1 saturated carbocycles. The van der Waals surface area contributed by atoms with E-state index in [1.54, 1.807) is 4.57 Å². The van der Waals surface area contributed by atoms with E-state index in [0.717, 1.165) is 28.0 Å². The first-order chi connectivity index (χ1) is 10.7. The molecule has 3 nitrogen and oxygen atoms in total. The lowest BCUT2D eigenvalue weighted by molar-refractivity contribution is 0.892. The van der Waals surface area contributed by atoms with Gasteiger partial charge in [0.25, 0.3) is 5.56 Å². The minimum Gasteiger partial charge on any atom is -0.268 e. The minimum atomic E-state index is 0.0358. The van der Waals surface area contributed by atoms with Crippen LogP contribution in [0.2, 0.25) is 0 Å². The van der Waals surface area contributed by atoms with Crippen LogP contribution in [-0.4, -0.2) is 9.55 Å². The fourth-order valence-electron chi connectivity index (χ4n) is 3.28. The van der Waals surface area contributed by atoms with Crippen molar-refractivity contribution in [3.63, 3.8) is 0 Å². The maximum absolute atomic E-state index is 13.1. The molecule has 1 aromatic heterocycles. The SMILES string of the molecule is Cc1c(C2CC2)ccc2nc(C)n(-c3ccccc3)c(=O)c12. The molecule has 0 spiro atoms. The molecule has 0 N–H and O–H groups in total. The molecule has 0 atom stereocenters. The highest BCUT2D eigenvalue weighted by Crippen LogP contribution is 2.42. The van der Waals surface area contributed by atoms with E-state index in [4.69, 9.17) is 0 Å². The molecule has 1 aliphatic rings. The summed E-state index contributed by atoms with van der Waals surface area (Å²) >= 11 is 0. The zero-order valence-electron chi connectivity index (χ0n) is 12.8. The van der Waals surface area contributed by atoms with Crippen molar-refractivity contribution in [2.75, 3.05) is 0 Å². The average Bonchev–Trinajstić information content (AvgIpc) is 3.33. The first-order valence-corrected chi connectivity index (χ1v) is 7.75. The van der Waals surface area contributed by atoms with Crippen molar-refractivity contribution in [1.82, 2.24) is 9.55 Å². The Balaban J connectivity index is 2.07. The molecule has 2 aromatic carbocycles. The Hall–Kier alpha value is -2.42. The van der Waals surface area contributed by atoms with Crippen LogP contribution in [-0.2, 0) is 0 Å². The van der Waals surface area contributed by atoms with E-state index in [2.05, 4.69) is 18.0 Å². The average molecular weight is 290 g/mol. The number of benzene rings is 2. The van der Waals surface area contributed by atoms with Crippen molar-refractivity contribution in [2.24, 2.45) is 0 Å². The van der Waals surface area contributed by atoms with Crippen molar-refractivity contribution in [2.45, 2.75) is 32.6 Å². The fraction of sp³-hybridized carbons (Fsp3) is 0.263. The maximum Gasteiger partial charge on any atom is 0.266 e. The van der Waals surface area contributed by atoms with Gasteiger partial charge in [0.15, 0.2) is 0 Å². The van der Waals surface area contributed by atoms with Crippen LogP contribution in [0.4, 0.5) is 0 Å². The second kappa shape index (κ2) is 4.80. The zero-order valence-corrected chi connectivity index (χ0v) is 12.8. The Kier molecular flexibility index (Phi) is 2.89. The van der Waals surface area contributed by atoms with E-state index < -0.39 is 0 Å². The summed E-state index contributed by atoms with van der Waals surface area (Å²) < 4.78 is 1.71. The Bertz CT molecular complexity index is 922. The fourth-order valence-corrected chi connectivity index (χ4v) is 3.28. The first-order valence-electron chi connectivity index (χ1n) is 7.75. The molecule has 0 unspecified atom stereocenters. The second-order valence-electron chi connectivity index (χ2n) is 6.08. The van der Waals surface area contributed by atoms with Crippen LogP contribution in [0.25, 0.3) is 16.6 Å². The van der Waals surface area contributed by atoms with Crippen molar-refractivity contribution in [1.29, 1.82) is 0 Å². The molecule has 0 amide bonds. The highest BCUT2D eigenvalue weighted by Gasteiger charge is 2.26. The van der Waals surface area contributed by atoms with Crippen molar-refractivity contribution >= 4 is 10.9 Å². The second-order valence-corrected chi connectivity index (χ2v) is 6.08. The largest absolute Gasteiger partial charge is 0.268 e. The van der Waals surface area contributed by atoms with Crippen molar-refractivity contribution in [3.05, 3.63) is 69.8 Å². The smallest absolute Gasteiger partial charge is 0.266 e. The van der Waals surface area contributed by atoms with Gasteiger partial charge in [0.1, 0.15) is 5.82 Å². The molecular weight excluding hydrogens is 272 g/mol. The number of nitrogens with zero attached hydrogens (tertiary/aromatic N) is 2. The number of hydrogen-bond donors (Lipinski definition) is 0. The van der Waals surface area contributed by atoms with E-state index in [-0.39, 0.29) is 5.56 Å². The third-order valence-electron chi connectivity index (χ3n) is 4.54. The molecule has 0 saturated heterocycles. The van der Waals surface area contributed by atoms with Crippen LogP contribution < -0.4 is 5.56 Å². The quantitative estimate of drug-likeness (QED) is 0.718. The van der Waals surface area contributed by atoms with Crippen LogP contribution >= 0.6 is 0 Å². The van der Waals surface area contributed by atoms with Crippen LogP contribution in [0.5, 0.6) is 0 Å². The van der Waals surface area contributed by atoms with E-state index >= 15 is 0 Å². The molecule has 1 heterocycles. The summed E-state index contributed by atoms with van der Waals surface area (Å²) in [5.74, 6) is 1.36. The minimum absolute atomic E-state index is 0.0358. The van der Waals surface area contributed by atoms with Crippen LogP contribution in [0, 0.1) is 13.8 Å². The lowest BCUT2D eigenvalue weighted by atomic mass is 10.0. The van der Waals surface area contributed by atoms with Gasteiger partial charge in [0, 0.05) is 0 Å². The summed E-state index contributed by atoms with van der Waals surface area (Å²) in [4.78, 5) is 17.7. The summed E-state index contributed by atoms with van der Waals surface area (Å²) in [5, 5.41) is 0.763. The van der Waals surface area contributed by atoms with Gasteiger partial charge in [-0.1, -0.05) is 24.3 Å². The van der Waals surface area contributed by atoms with Crippen LogP contribution in [0.1, 0.15) is 35.7 Å². The van der Waals surface area contributed by atoms with E-state index in [9.17, 15) is 4.79 Å². The predicted molar refractivity (Wildman–Crippen MR) is 88.8 cm³/mol. The lowest BCUT2D eigenvalue weighted by Gasteiger charge is -2.13. The van der Waals surface area contributed by atoms with Gasteiger partial charge in [-0.25, -0.2) is 4.98 Å². The summed E-state index contributed by atoms with van der Waals surface area (Å²) in [6, 6.07) is 13.9. The Morgan fingerprint density at radius 1 is 1.05 bits per heavy atom. The Morgan fingerprint density at radius 3 is 2.45 bits per heavy atom. The number of aryl methyl sites for hydroxylation is 2. The van der Waals surface area contributed by atoms with E-state index in [1.165, 1.54) is 18.4 Å². The van der Waals surface area contributed by atoms with E-state index in [1.807, 2.05) is 43.3 Å². The molecule has 4 rings (SSSR count). The Labute approximate surface area is 129 Å². The first kappa shape index (κ1) is 13.3. The van der Waals surface area contributed by atoms with Gasteiger partial charge < -0.3 is 0 Å². The highest BCUT2D eigenvalue weighted by molar-refractivity contribution is 5.83. The van der Waals surface area contributed by atoms with Gasteiger partial charge in [-0.3, -0.25) is 9.36 Å². The standard InChI is InChI=1S/C19H18N2O/c1-12-16(14-8-9-14)10-11-17-18(12)19(22)21(13(2)20-17)15-6-4-3-5-7-15/h3-7,10-11,14H,8-9H2,1-2H3. The number of para-hydroxylation sites is 1. The molecule has 0 bridgehead atoms. The number of fused-ring (bicyclic) bond motifs is 1. The molecule has 1 aliphatic carbocycles. The van der Waals surface area contributed by atoms with Crippen LogP contribution in [0.3, 0.4) is 0 Å². The van der Waals surface area contributed by atoms with Gasteiger partial charge in [-0.2, -0.15) is 0 Å². The Morgan fingerprint density at radius 2 is 1.77 bits per heavy atom. The molecule has 110 valence electrons. The third-order valence-corrected chi connectivity index (χ3v) is 4.54. The lowest BCUT2D eigenvalue weighted by Crippen LogP contribution is -2.23. The monoisotopic (exact) mass is 290 g/mol. The summed E-state index contributed by atoms with van der Waals surface area (Å²) in [7, 11) is 0. The molecule has 3 heteroatoms. The number of rotatable bonds is 2. The molecule has 3 aromatic rings. The number of hydrogen-bond acceptors (Lipinski definition) is 2. The zero-order chi connectivity index (χ0) is 15.3. The van der Waals surface area contributed by atoms with Crippen LogP contribution in [0.15, 0.2) is 47.3 Å². The number of aromatic nitrogens is 2. The van der Waals surface area contributed by atoms with E-state index in [0.29, 0.717) is 5.92 Å². The maximum atomic E-state index is 13.1. The molecule has 1 fully saturated rings. The normalized spacial score (nSPS) is 14.5. The molecule has 22 heavy (non-hydrogen) atoms. The van der Waals surface area contributed by atoms with Crippen molar-refractivity contribution < 1.29 is 0 Å². The van der Waals surface area contributed by atoms with Gasteiger partial charge in [0.2, 0.25) is 0 Å². The summed E-state index contributed by atoms with van der Waals surface area (Å²) in [6.07, 6.45) is 2.47. The van der Waals surface area contributed by atoms with Gasteiger partial charge in [0.05, 0.1) is 16.6 Å². The summed E-state index contributed by atoms with van der Waals surface area (Å²) in [5.41, 5.74) is 4.12.